The van der Waals surface area contributed by atoms with Gasteiger partial charge in [0.15, 0.2) is 0 Å². The van der Waals surface area contributed by atoms with E-state index in [4.69, 9.17) is 0 Å². The van der Waals surface area contributed by atoms with Crippen LogP contribution in [0.5, 0.6) is 0 Å². The molecule has 16 heteroatoms. The number of aliphatic hydroxyl groups is 2. The van der Waals surface area contributed by atoms with Crippen LogP contribution in [-0.2, 0) is 35.9 Å². The zero-order valence-corrected chi connectivity index (χ0v) is 23.4. The van der Waals surface area contributed by atoms with Crippen LogP contribution in [-0.4, -0.2) is 119 Å². The van der Waals surface area contributed by atoms with Gasteiger partial charge in [0.05, 0.1) is 38.7 Å². The third kappa shape index (κ3) is 5.58. The average molecular weight is 566 g/mol. The van der Waals surface area contributed by atoms with E-state index in [1.54, 1.807) is 38.1 Å². The molecule has 2 aliphatic heterocycles. The molecule has 4 heterocycles. The Morgan fingerprint density at radius 3 is 1.95 bits per heavy atom. The molecule has 2 fully saturated rings. The summed E-state index contributed by atoms with van der Waals surface area (Å²) in [4.78, 5) is 43.9. The van der Waals surface area contributed by atoms with Gasteiger partial charge in [-0.15, -0.1) is 22.0 Å². The van der Waals surface area contributed by atoms with E-state index in [2.05, 4.69) is 20.6 Å². The molecule has 214 valence electrons. The van der Waals surface area contributed by atoms with Crippen LogP contribution in [0, 0.1) is 0 Å². The highest BCUT2D eigenvalue weighted by molar-refractivity contribution is 8.01. The number of carbonyl (C=O) groups excluding carboxylic acids is 2. The lowest BCUT2D eigenvalue weighted by atomic mass is 9.92. The highest BCUT2D eigenvalue weighted by Crippen LogP contribution is 2.53. The third-order valence-corrected chi connectivity index (χ3v) is 8.42. The molecule has 3 atom stereocenters. The van der Waals surface area contributed by atoms with Crippen LogP contribution in [0.1, 0.15) is 46.0 Å². The van der Waals surface area contributed by atoms with Crippen LogP contribution in [0.25, 0.3) is 0 Å². The number of fused-ring (bicyclic) bond motifs is 1. The topological polar surface area (TPSA) is 183 Å². The Balaban J connectivity index is 1.56. The molecule has 0 aromatic carbocycles. The van der Waals surface area contributed by atoms with Crippen molar-refractivity contribution < 1.29 is 29.7 Å². The third-order valence-electron chi connectivity index (χ3n) is 6.86. The molecule has 15 nitrogen and oxygen atoms in total. The SMILES string of the molecule is CC1(C)S[C@@H]2[C@H](N(C(=O)O)C(C)(C)C)C(=O)N2[C@H]1C(=O)N(CCn1cc(CO)nn1)CCn1cc(CO)nn1. The van der Waals surface area contributed by atoms with Crippen molar-refractivity contribution in [2.45, 2.75) is 88.7 Å². The summed E-state index contributed by atoms with van der Waals surface area (Å²) >= 11 is 1.43. The molecule has 3 amide bonds. The number of aromatic nitrogens is 6. The minimum absolute atomic E-state index is 0.241. The molecule has 3 N–H and O–H groups in total. The molecule has 0 unspecified atom stereocenters. The molecule has 0 spiro atoms. The van der Waals surface area contributed by atoms with E-state index in [1.165, 1.54) is 30.9 Å². The Morgan fingerprint density at radius 2 is 1.54 bits per heavy atom. The van der Waals surface area contributed by atoms with Gasteiger partial charge in [-0.2, -0.15) is 0 Å². The van der Waals surface area contributed by atoms with E-state index in [1.807, 2.05) is 13.8 Å². The van der Waals surface area contributed by atoms with Gasteiger partial charge in [-0.3, -0.25) is 23.9 Å². The monoisotopic (exact) mass is 565 g/mol. The summed E-state index contributed by atoms with van der Waals surface area (Å²) in [7, 11) is 0. The van der Waals surface area contributed by atoms with E-state index in [9.17, 15) is 29.7 Å². The second-order valence-electron chi connectivity index (χ2n) is 11.1. The number of carbonyl (C=O) groups is 3. The number of hydrogen-bond donors (Lipinski definition) is 3. The molecular weight excluding hydrogens is 530 g/mol. The van der Waals surface area contributed by atoms with Crippen molar-refractivity contribution in [3.8, 4) is 0 Å². The maximum atomic E-state index is 14.1. The van der Waals surface area contributed by atoms with Gasteiger partial charge in [0.1, 0.15) is 28.8 Å². The molecule has 39 heavy (non-hydrogen) atoms. The van der Waals surface area contributed by atoms with Gasteiger partial charge in [0, 0.05) is 23.4 Å². The minimum Gasteiger partial charge on any atom is -0.465 e. The molecule has 0 radical (unpaired) electrons. The molecule has 2 aromatic rings. The van der Waals surface area contributed by atoms with Gasteiger partial charge in [0.2, 0.25) is 11.8 Å². The summed E-state index contributed by atoms with van der Waals surface area (Å²) in [5, 5.41) is 43.7. The number of carboxylic acid groups (broad SMARTS) is 1. The lowest BCUT2D eigenvalue weighted by Crippen LogP contribution is -2.74. The largest absolute Gasteiger partial charge is 0.465 e. The van der Waals surface area contributed by atoms with Crippen molar-refractivity contribution in [1.82, 2.24) is 44.7 Å². The zero-order chi connectivity index (χ0) is 28.7. The van der Waals surface area contributed by atoms with Gasteiger partial charge in [0.25, 0.3) is 0 Å². The Morgan fingerprint density at radius 1 is 1.03 bits per heavy atom. The van der Waals surface area contributed by atoms with Crippen LogP contribution in [0.4, 0.5) is 4.79 Å². The quantitative estimate of drug-likeness (QED) is 0.318. The van der Waals surface area contributed by atoms with Crippen LogP contribution >= 0.6 is 11.8 Å². The summed E-state index contributed by atoms with van der Waals surface area (Å²) in [5.74, 6) is -0.661. The maximum absolute atomic E-state index is 14.1. The van der Waals surface area contributed by atoms with Gasteiger partial charge in [-0.25, -0.2) is 4.79 Å². The summed E-state index contributed by atoms with van der Waals surface area (Å²) < 4.78 is 2.38. The number of hydrogen-bond acceptors (Lipinski definition) is 10. The van der Waals surface area contributed by atoms with Crippen LogP contribution < -0.4 is 0 Å². The van der Waals surface area contributed by atoms with Crippen LogP contribution in [0.3, 0.4) is 0 Å². The Kier molecular flexibility index (Phi) is 7.91. The van der Waals surface area contributed by atoms with Gasteiger partial charge in [-0.05, 0) is 34.6 Å². The smallest absolute Gasteiger partial charge is 0.408 e. The van der Waals surface area contributed by atoms with Crippen molar-refractivity contribution in [2.75, 3.05) is 13.1 Å². The second-order valence-corrected chi connectivity index (χ2v) is 12.9. The average Bonchev–Trinajstić information content (AvgIpc) is 3.57. The molecule has 2 aromatic heterocycles. The predicted octanol–water partition coefficient (Wildman–Crippen LogP) is -0.408. The zero-order valence-electron chi connectivity index (χ0n) is 22.6. The first-order valence-corrected chi connectivity index (χ1v) is 13.5. The summed E-state index contributed by atoms with van der Waals surface area (Å²) in [6.07, 6.45) is 2.01. The molecule has 2 saturated heterocycles. The van der Waals surface area contributed by atoms with Gasteiger partial charge >= 0.3 is 6.09 Å². The number of thioether (sulfide) groups is 1. The molecule has 0 aliphatic carbocycles. The normalized spacial score (nSPS) is 22.0. The summed E-state index contributed by atoms with van der Waals surface area (Å²) in [5.41, 5.74) is 0.0116. The fraction of sp³-hybridized carbons (Fsp3) is 0.696. The Hall–Kier alpha value is -3.24. The first kappa shape index (κ1) is 28.8. The molecule has 0 saturated carbocycles. The maximum Gasteiger partial charge on any atom is 0.408 e. The van der Waals surface area contributed by atoms with E-state index in [0.717, 1.165) is 0 Å². The van der Waals surface area contributed by atoms with Crippen molar-refractivity contribution in [3.63, 3.8) is 0 Å². The highest BCUT2D eigenvalue weighted by atomic mass is 32.2. The minimum atomic E-state index is -1.18. The molecule has 0 bridgehead atoms. The van der Waals surface area contributed by atoms with Crippen LogP contribution in [0.2, 0.25) is 0 Å². The lowest BCUT2D eigenvalue weighted by molar-refractivity contribution is -0.164. The first-order chi connectivity index (χ1) is 18.3. The standard InChI is InChI=1S/C23H35N9O6S/c1-22(2,3)32(21(37)38)16-18(35)31-17(23(4,5)39-20(16)31)19(36)28(6-8-29-10-14(12-33)24-26-29)7-9-30-11-15(13-34)25-27-30/h10-11,16-17,20,33-34H,6-9,12-13H2,1-5H3,(H,37,38)/t16-,17+,20-/m1/s1. The molecular formula is C23H35N9O6S. The number of rotatable bonds is 10. The number of β-lactam (4-membered cyclic amide) rings is 1. The van der Waals surface area contributed by atoms with Crippen molar-refractivity contribution in [2.24, 2.45) is 0 Å². The Labute approximate surface area is 229 Å². The van der Waals surface area contributed by atoms with Crippen molar-refractivity contribution >= 4 is 29.7 Å². The van der Waals surface area contributed by atoms with E-state index in [0.29, 0.717) is 24.5 Å². The van der Waals surface area contributed by atoms with Crippen molar-refractivity contribution in [1.29, 1.82) is 0 Å². The molecule has 4 rings (SSSR count). The van der Waals surface area contributed by atoms with Crippen LogP contribution in [0.15, 0.2) is 12.4 Å². The van der Waals surface area contributed by atoms with Gasteiger partial charge < -0.3 is 25.1 Å². The van der Waals surface area contributed by atoms with E-state index < -0.39 is 33.8 Å². The fourth-order valence-electron chi connectivity index (χ4n) is 5.05. The highest BCUT2D eigenvalue weighted by Gasteiger charge is 2.67. The van der Waals surface area contributed by atoms with E-state index >= 15 is 0 Å². The van der Waals surface area contributed by atoms with Gasteiger partial charge in [-0.1, -0.05) is 10.4 Å². The number of aliphatic hydroxyl groups excluding tert-OH is 2. The fourth-order valence-corrected chi connectivity index (χ4v) is 6.72. The number of nitrogens with zero attached hydrogens (tertiary/aromatic N) is 9. The Bertz CT molecular complexity index is 1180. The second kappa shape index (κ2) is 10.7. The predicted molar refractivity (Wildman–Crippen MR) is 138 cm³/mol. The first-order valence-electron chi connectivity index (χ1n) is 12.6. The van der Waals surface area contributed by atoms with E-state index in [-0.39, 0.29) is 38.1 Å². The lowest BCUT2D eigenvalue weighted by Gasteiger charge is -2.51. The molecule has 2 aliphatic rings. The summed E-state index contributed by atoms with van der Waals surface area (Å²) in [6, 6.07) is -1.68. The number of amides is 3. The summed E-state index contributed by atoms with van der Waals surface area (Å²) in [6.45, 7) is 9.58. The van der Waals surface area contributed by atoms with Crippen molar-refractivity contribution in [3.05, 3.63) is 23.8 Å².